The Morgan fingerprint density at radius 1 is 1.56 bits per heavy atom. The zero-order valence-corrected chi connectivity index (χ0v) is 10.1. The van der Waals surface area contributed by atoms with Gasteiger partial charge >= 0.3 is 0 Å². The fraction of sp³-hybridized carbons (Fsp3) is 0.692. The number of furan rings is 1. The molecule has 0 radical (unpaired) electrons. The van der Waals surface area contributed by atoms with Crippen LogP contribution in [-0.4, -0.2) is 23.5 Å². The lowest BCUT2D eigenvalue weighted by molar-refractivity contribution is 0.152. The van der Waals surface area contributed by atoms with Crippen LogP contribution in [0, 0.1) is 0 Å². The molecule has 0 saturated heterocycles. The average molecular weight is 222 g/mol. The third-order valence-electron chi connectivity index (χ3n) is 3.37. The first-order valence-corrected chi connectivity index (χ1v) is 6.33. The van der Waals surface area contributed by atoms with Crippen LogP contribution in [0.3, 0.4) is 0 Å². The Kier molecular flexibility index (Phi) is 4.02. The number of nitrogens with two attached hydrogens (primary N) is 1. The summed E-state index contributed by atoms with van der Waals surface area (Å²) in [6.45, 7) is 3.97. The van der Waals surface area contributed by atoms with Gasteiger partial charge in [0.05, 0.1) is 12.8 Å². The lowest BCUT2D eigenvalue weighted by Crippen LogP contribution is -2.37. The summed E-state index contributed by atoms with van der Waals surface area (Å²) in [5.41, 5.74) is 5.69. The fourth-order valence-electron chi connectivity index (χ4n) is 2.34. The summed E-state index contributed by atoms with van der Waals surface area (Å²) in [5.74, 6) is 1.07. The van der Waals surface area contributed by atoms with Gasteiger partial charge in [0, 0.05) is 12.1 Å². The highest BCUT2D eigenvalue weighted by molar-refractivity contribution is 5.00. The van der Waals surface area contributed by atoms with Crippen molar-refractivity contribution in [2.24, 2.45) is 5.73 Å². The molecule has 2 N–H and O–H groups in total. The largest absolute Gasteiger partial charge is 0.468 e. The molecule has 0 aromatic carbocycles. The Bertz CT molecular complexity index is 293. The Balaban J connectivity index is 1.98. The van der Waals surface area contributed by atoms with Gasteiger partial charge in [0.1, 0.15) is 5.76 Å². The Labute approximate surface area is 97.6 Å². The minimum Gasteiger partial charge on any atom is -0.468 e. The zero-order chi connectivity index (χ0) is 11.4. The Morgan fingerprint density at radius 2 is 2.38 bits per heavy atom. The summed E-state index contributed by atoms with van der Waals surface area (Å²) >= 11 is 0. The van der Waals surface area contributed by atoms with E-state index in [1.165, 1.54) is 19.3 Å². The van der Waals surface area contributed by atoms with E-state index in [9.17, 15) is 0 Å². The highest BCUT2D eigenvalue weighted by atomic mass is 16.3. The van der Waals surface area contributed by atoms with E-state index in [-0.39, 0.29) is 0 Å². The summed E-state index contributed by atoms with van der Waals surface area (Å²) in [5, 5.41) is 0. The number of nitrogens with zero attached hydrogens (tertiary/aromatic N) is 1. The molecular weight excluding hydrogens is 200 g/mol. The van der Waals surface area contributed by atoms with Crippen LogP contribution in [0.5, 0.6) is 0 Å². The molecule has 2 rings (SSSR count). The molecule has 1 unspecified atom stereocenters. The van der Waals surface area contributed by atoms with Gasteiger partial charge in [0.25, 0.3) is 0 Å². The molecule has 1 aromatic heterocycles. The molecule has 1 aliphatic carbocycles. The maximum atomic E-state index is 5.69. The van der Waals surface area contributed by atoms with Crippen LogP contribution in [-0.2, 0) is 6.54 Å². The smallest absolute Gasteiger partial charge is 0.117 e. The van der Waals surface area contributed by atoms with Crippen LogP contribution in [0.4, 0.5) is 0 Å². The third-order valence-corrected chi connectivity index (χ3v) is 3.37. The van der Waals surface area contributed by atoms with E-state index < -0.39 is 0 Å². The van der Waals surface area contributed by atoms with Crippen LogP contribution in [0.25, 0.3) is 0 Å². The first-order chi connectivity index (χ1) is 7.85. The summed E-state index contributed by atoms with van der Waals surface area (Å²) in [7, 11) is 0. The summed E-state index contributed by atoms with van der Waals surface area (Å²) in [4.78, 5) is 2.58. The minimum atomic E-state index is 0.614. The molecule has 90 valence electrons. The standard InChI is InChI=1S/C13H22N2O/c1-2-11(7-8-14)15(12-5-6-12)10-13-4-3-9-16-13/h3-4,9,11-12H,2,5-8,10,14H2,1H3. The molecule has 1 heterocycles. The number of hydrogen-bond donors (Lipinski definition) is 1. The molecular formula is C13H22N2O. The quantitative estimate of drug-likeness (QED) is 0.770. The molecule has 1 saturated carbocycles. The molecule has 0 bridgehead atoms. The van der Waals surface area contributed by atoms with Crippen molar-refractivity contribution in [1.29, 1.82) is 0 Å². The van der Waals surface area contributed by atoms with Crippen molar-refractivity contribution in [3.05, 3.63) is 24.2 Å². The molecule has 1 aliphatic rings. The topological polar surface area (TPSA) is 42.4 Å². The average Bonchev–Trinajstić information content (AvgIpc) is 3.01. The van der Waals surface area contributed by atoms with Gasteiger partial charge in [0.2, 0.25) is 0 Å². The first-order valence-electron chi connectivity index (χ1n) is 6.33. The highest BCUT2D eigenvalue weighted by Gasteiger charge is 2.33. The van der Waals surface area contributed by atoms with E-state index in [1.54, 1.807) is 6.26 Å². The molecule has 3 nitrogen and oxygen atoms in total. The second-order valence-corrected chi connectivity index (χ2v) is 4.62. The van der Waals surface area contributed by atoms with Crippen molar-refractivity contribution >= 4 is 0 Å². The van der Waals surface area contributed by atoms with Crippen molar-refractivity contribution < 1.29 is 4.42 Å². The van der Waals surface area contributed by atoms with Gasteiger partial charge in [-0.2, -0.15) is 0 Å². The van der Waals surface area contributed by atoms with Gasteiger partial charge < -0.3 is 10.2 Å². The first kappa shape index (κ1) is 11.7. The second-order valence-electron chi connectivity index (χ2n) is 4.62. The minimum absolute atomic E-state index is 0.614. The van der Waals surface area contributed by atoms with Gasteiger partial charge in [-0.1, -0.05) is 6.92 Å². The molecule has 1 atom stereocenters. The van der Waals surface area contributed by atoms with Gasteiger partial charge in [-0.25, -0.2) is 0 Å². The summed E-state index contributed by atoms with van der Waals surface area (Å²) in [6.07, 6.45) is 6.69. The highest BCUT2D eigenvalue weighted by Crippen LogP contribution is 2.31. The van der Waals surface area contributed by atoms with Crippen LogP contribution < -0.4 is 5.73 Å². The van der Waals surface area contributed by atoms with Crippen molar-refractivity contribution in [2.45, 2.75) is 51.2 Å². The van der Waals surface area contributed by atoms with E-state index in [1.807, 2.05) is 6.07 Å². The van der Waals surface area contributed by atoms with Gasteiger partial charge in [0.15, 0.2) is 0 Å². The van der Waals surface area contributed by atoms with Crippen molar-refractivity contribution in [2.75, 3.05) is 6.54 Å². The molecule has 3 heteroatoms. The number of hydrogen-bond acceptors (Lipinski definition) is 3. The van der Waals surface area contributed by atoms with E-state index in [0.717, 1.165) is 31.3 Å². The van der Waals surface area contributed by atoms with Crippen LogP contribution >= 0.6 is 0 Å². The molecule has 1 aromatic rings. The zero-order valence-electron chi connectivity index (χ0n) is 10.1. The van der Waals surface area contributed by atoms with Crippen molar-refractivity contribution in [3.63, 3.8) is 0 Å². The molecule has 16 heavy (non-hydrogen) atoms. The fourth-order valence-corrected chi connectivity index (χ4v) is 2.34. The molecule has 0 amide bonds. The molecule has 0 spiro atoms. The van der Waals surface area contributed by atoms with Gasteiger partial charge in [-0.15, -0.1) is 0 Å². The van der Waals surface area contributed by atoms with E-state index >= 15 is 0 Å². The maximum absolute atomic E-state index is 5.69. The van der Waals surface area contributed by atoms with Crippen LogP contribution in [0.2, 0.25) is 0 Å². The maximum Gasteiger partial charge on any atom is 0.117 e. The van der Waals surface area contributed by atoms with Gasteiger partial charge in [-0.05, 0) is 44.4 Å². The lowest BCUT2D eigenvalue weighted by Gasteiger charge is -2.30. The summed E-state index contributed by atoms with van der Waals surface area (Å²) < 4.78 is 5.44. The van der Waals surface area contributed by atoms with E-state index in [0.29, 0.717) is 6.04 Å². The Hall–Kier alpha value is -0.800. The third kappa shape index (κ3) is 2.86. The van der Waals surface area contributed by atoms with Crippen LogP contribution in [0.1, 0.15) is 38.4 Å². The van der Waals surface area contributed by atoms with Crippen LogP contribution in [0.15, 0.2) is 22.8 Å². The molecule has 0 aliphatic heterocycles. The molecule has 1 fully saturated rings. The monoisotopic (exact) mass is 222 g/mol. The van der Waals surface area contributed by atoms with E-state index in [2.05, 4.69) is 17.9 Å². The predicted octanol–water partition coefficient (Wildman–Crippen LogP) is 2.37. The predicted molar refractivity (Wildman–Crippen MR) is 65.0 cm³/mol. The van der Waals surface area contributed by atoms with Crippen molar-refractivity contribution in [3.8, 4) is 0 Å². The Morgan fingerprint density at radius 3 is 2.88 bits per heavy atom. The number of rotatable bonds is 7. The lowest BCUT2D eigenvalue weighted by atomic mass is 10.1. The van der Waals surface area contributed by atoms with Gasteiger partial charge in [-0.3, -0.25) is 4.90 Å². The second kappa shape index (κ2) is 5.51. The summed E-state index contributed by atoms with van der Waals surface area (Å²) in [6, 6.07) is 5.40. The van der Waals surface area contributed by atoms with Crippen molar-refractivity contribution in [1.82, 2.24) is 4.90 Å². The van der Waals surface area contributed by atoms with E-state index in [4.69, 9.17) is 10.2 Å². The normalized spacial score (nSPS) is 17.9. The SMILES string of the molecule is CCC(CCN)N(Cc1ccco1)C1CC1.